The summed E-state index contributed by atoms with van der Waals surface area (Å²) < 4.78 is 1.89. The van der Waals surface area contributed by atoms with Crippen LogP contribution in [0, 0.1) is 5.92 Å². The van der Waals surface area contributed by atoms with Crippen LogP contribution in [0.3, 0.4) is 0 Å². The molecule has 2 aromatic heterocycles. The molecule has 7 nitrogen and oxygen atoms in total. The van der Waals surface area contributed by atoms with Gasteiger partial charge in [0.15, 0.2) is 5.65 Å². The van der Waals surface area contributed by atoms with Crippen LogP contribution in [0.15, 0.2) is 48.7 Å². The number of halogens is 1. The molecule has 0 saturated carbocycles. The van der Waals surface area contributed by atoms with E-state index in [0.29, 0.717) is 24.5 Å². The van der Waals surface area contributed by atoms with E-state index < -0.39 is 0 Å². The summed E-state index contributed by atoms with van der Waals surface area (Å²) in [5.74, 6) is 0.225. The van der Waals surface area contributed by atoms with Gasteiger partial charge in [-0.25, -0.2) is 0 Å². The number of hydrogen-bond acceptors (Lipinski definition) is 4. The summed E-state index contributed by atoms with van der Waals surface area (Å²) in [7, 11) is 0. The van der Waals surface area contributed by atoms with Crippen LogP contribution in [0.2, 0.25) is 5.02 Å². The van der Waals surface area contributed by atoms with Crippen molar-refractivity contribution >= 4 is 34.7 Å². The highest BCUT2D eigenvalue weighted by Crippen LogP contribution is 2.27. The molecule has 138 valence electrons. The number of fused-ring (bicyclic) bond motifs is 1. The van der Waals surface area contributed by atoms with Gasteiger partial charge in [0, 0.05) is 42.8 Å². The normalized spacial score (nSPS) is 16.9. The molecule has 1 aliphatic heterocycles. The largest absolute Gasteiger partial charge is 0.355 e. The maximum absolute atomic E-state index is 12.5. The zero-order valence-corrected chi connectivity index (χ0v) is 15.3. The highest BCUT2D eigenvalue weighted by Gasteiger charge is 2.35. The lowest BCUT2D eigenvalue weighted by Crippen LogP contribution is -2.34. The van der Waals surface area contributed by atoms with Crippen molar-refractivity contribution in [1.29, 1.82) is 0 Å². The molecule has 0 radical (unpaired) electrons. The maximum atomic E-state index is 12.5. The first-order valence-corrected chi connectivity index (χ1v) is 9.12. The monoisotopic (exact) mass is 383 g/mol. The van der Waals surface area contributed by atoms with Gasteiger partial charge in [-0.1, -0.05) is 23.7 Å². The number of aromatic nitrogens is 3. The number of nitrogens with one attached hydrogen (secondary N) is 1. The van der Waals surface area contributed by atoms with Gasteiger partial charge in [-0.2, -0.15) is 0 Å². The van der Waals surface area contributed by atoms with Crippen LogP contribution < -0.4 is 10.2 Å². The first-order chi connectivity index (χ1) is 13.1. The van der Waals surface area contributed by atoms with Crippen LogP contribution in [0.5, 0.6) is 0 Å². The molecule has 1 aliphatic rings. The lowest BCUT2D eigenvalue weighted by Gasteiger charge is -2.17. The average Bonchev–Trinajstić information content (AvgIpc) is 3.26. The average molecular weight is 384 g/mol. The third kappa shape index (κ3) is 3.64. The summed E-state index contributed by atoms with van der Waals surface area (Å²) in [6.07, 6.45) is 2.66. The van der Waals surface area contributed by atoms with E-state index in [9.17, 15) is 9.59 Å². The summed E-state index contributed by atoms with van der Waals surface area (Å²) in [6, 6.07) is 12.8. The highest BCUT2D eigenvalue weighted by atomic mass is 35.5. The number of benzene rings is 1. The predicted octanol–water partition coefficient (Wildman–Crippen LogP) is 2.09. The molecule has 1 fully saturated rings. The van der Waals surface area contributed by atoms with E-state index in [2.05, 4.69) is 15.5 Å². The van der Waals surface area contributed by atoms with Crippen molar-refractivity contribution in [3.05, 3.63) is 59.5 Å². The summed E-state index contributed by atoms with van der Waals surface area (Å²) >= 11 is 6.00. The zero-order chi connectivity index (χ0) is 18.8. The minimum absolute atomic E-state index is 0.0686. The maximum Gasteiger partial charge on any atom is 0.227 e. The predicted molar refractivity (Wildman–Crippen MR) is 102 cm³/mol. The van der Waals surface area contributed by atoms with E-state index in [1.165, 1.54) is 0 Å². The number of amides is 2. The Kier molecular flexibility index (Phi) is 4.77. The third-order valence-corrected chi connectivity index (χ3v) is 4.88. The van der Waals surface area contributed by atoms with E-state index in [-0.39, 0.29) is 24.2 Å². The number of rotatable bonds is 5. The fourth-order valence-corrected chi connectivity index (χ4v) is 3.46. The van der Waals surface area contributed by atoms with Crippen molar-refractivity contribution in [2.45, 2.75) is 12.8 Å². The van der Waals surface area contributed by atoms with Gasteiger partial charge in [0.25, 0.3) is 0 Å². The molecule has 2 amide bonds. The van der Waals surface area contributed by atoms with Crippen LogP contribution in [0.4, 0.5) is 5.69 Å². The molecule has 1 saturated heterocycles. The summed E-state index contributed by atoms with van der Waals surface area (Å²) in [5.41, 5.74) is 1.50. The van der Waals surface area contributed by atoms with Crippen molar-refractivity contribution in [3.63, 3.8) is 0 Å². The van der Waals surface area contributed by atoms with Crippen molar-refractivity contribution in [2.24, 2.45) is 5.92 Å². The highest BCUT2D eigenvalue weighted by molar-refractivity contribution is 6.31. The Morgan fingerprint density at radius 2 is 2.11 bits per heavy atom. The van der Waals surface area contributed by atoms with E-state index in [1.54, 1.807) is 23.1 Å². The van der Waals surface area contributed by atoms with Crippen LogP contribution in [-0.4, -0.2) is 39.5 Å². The Bertz CT molecular complexity index is 1000. The number of hydrogen-bond donors (Lipinski definition) is 1. The summed E-state index contributed by atoms with van der Waals surface area (Å²) in [6.45, 7) is 0.801. The Labute approximate surface area is 160 Å². The van der Waals surface area contributed by atoms with Gasteiger partial charge in [0.2, 0.25) is 11.8 Å². The van der Waals surface area contributed by atoms with E-state index in [0.717, 1.165) is 17.2 Å². The standard InChI is InChI=1S/C19H18ClN5O2/c20-14-4-3-5-15(11-14)25-12-13(10-18(25)26)19(27)21-8-7-17-23-22-16-6-1-2-9-24(16)17/h1-6,9,11,13H,7-8,10,12H2,(H,21,27). The van der Waals surface area contributed by atoms with Crippen molar-refractivity contribution < 1.29 is 9.59 Å². The Hall–Kier alpha value is -2.93. The summed E-state index contributed by atoms with van der Waals surface area (Å²) in [4.78, 5) is 26.4. The number of nitrogens with zero attached hydrogens (tertiary/aromatic N) is 4. The molecule has 0 spiro atoms. The molecule has 1 unspecified atom stereocenters. The topological polar surface area (TPSA) is 79.6 Å². The molecule has 4 rings (SSSR count). The van der Waals surface area contributed by atoms with E-state index in [4.69, 9.17) is 11.6 Å². The quantitative estimate of drug-likeness (QED) is 0.731. The first kappa shape index (κ1) is 17.5. The number of anilines is 1. The minimum Gasteiger partial charge on any atom is -0.355 e. The van der Waals surface area contributed by atoms with Gasteiger partial charge in [0.05, 0.1) is 5.92 Å². The van der Waals surface area contributed by atoms with Crippen molar-refractivity contribution in [2.75, 3.05) is 18.0 Å². The lowest BCUT2D eigenvalue weighted by atomic mass is 10.1. The number of pyridine rings is 1. The van der Waals surface area contributed by atoms with Crippen LogP contribution in [0.25, 0.3) is 5.65 Å². The second kappa shape index (κ2) is 7.36. The van der Waals surface area contributed by atoms with Gasteiger partial charge in [-0.15, -0.1) is 10.2 Å². The molecular weight excluding hydrogens is 366 g/mol. The zero-order valence-electron chi connectivity index (χ0n) is 14.5. The second-order valence-electron chi connectivity index (χ2n) is 6.47. The Morgan fingerprint density at radius 1 is 1.22 bits per heavy atom. The molecule has 1 atom stereocenters. The third-order valence-electron chi connectivity index (χ3n) is 4.65. The van der Waals surface area contributed by atoms with Gasteiger partial charge in [-0.05, 0) is 30.3 Å². The molecule has 8 heteroatoms. The number of carbonyl (C=O) groups is 2. The second-order valence-corrected chi connectivity index (χ2v) is 6.91. The molecule has 3 aromatic rings. The van der Waals surface area contributed by atoms with Gasteiger partial charge in [-0.3, -0.25) is 14.0 Å². The van der Waals surface area contributed by atoms with Crippen molar-refractivity contribution in [1.82, 2.24) is 19.9 Å². The van der Waals surface area contributed by atoms with E-state index >= 15 is 0 Å². The Morgan fingerprint density at radius 3 is 2.96 bits per heavy atom. The fraction of sp³-hybridized carbons (Fsp3) is 0.263. The van der Waals surface area contributed by atoms with Crippen LogP contribution >= 0.6 is 11.6 Å². The molecular formula is C19H18ClN5O2. The van der Waals surface area contributed by atoms with Crippen LogP contribution in [0.1, 0.15) is 12.2 Å². The molecule has 0 aliphatic carbocycles. The minimum atomic E-state index is -0.369. The molecule has 1 aromatic carbocycles. The van der Waals surface area contributed by atoms with Gasteiger partial charge >= 0.3 is 0 Å². The molecule has 1 N–H and O–H groups in total. The smallest absolute Gasteiger partial charge is 0.227 e. The lowest BCUT2D eigenvalue weighted by molar-refractivity contribution is -0.126. The van der Waals surface area contributed by atoms with Crippen molar-refractivity contribution in [3.8, 4) is 0 Å². The number of carbonyl (C=O) groups excluding carboxylic acids is 2. The first-order valence-electron chi connectivity index (χ1n) is 8.74. The van der Waals surface area contributed by atoms with Gasteiger partial charge in [0.1, 0.15) is 5.82 Å². The molecule has 0 bridgehead atoms. The van der Waals surface area contributed by atoms with Gasteiger partial charge < -0.3 is 10.2 Å². The van der Waals surface area contributed by atoms with Crippen LogP contribution in [-0.2, 0) is 16.0 Å². The van der Waals surface area contributed by atoms with E-state index in [1.807, 2.05) is 34.9 Å². The molecule has 27 heavy (non-hydrogen) atoms. The summed E-state index contributed by atoms with van der Waals surface area (Å²) in [5, 5.41) is 11.7. The SMILES string of the molecule is O=C(NCCc1nnc2ccccn12)C1CC(=O)N(c2cccc(Cl)c2)C1. The Balaban J connectivity index is 1.34. The molecule has 3 heterocycles. The fourth-order valence-electron chi connectivity index (χ4n) is 3.28.